The van der Waals surface area contributed by atoms with Crippen LogP contribution in [0.3, 0.4) is 0 Å². The Morgan fingerprint density at radius 1 is 0.864 bits per heavy atom. The van der Waals surface area contributed by atoms with Gasteiger partial charge < -0.3 is 20.4 Å². The first kappa shape index (κ1) is 25.8. The van der Waals surface area contributed by atoms with Crippen LogP contribution in [0.2, 0.25) is 0 Å². The van der Waals surface area contributed by atoms with Crippen LogP contribution in [0.5, 0.6) is 0 Å². The van der Waals surface area contributed by atoms with Crippen LogP contribution in [-0.2, 0) is 9.59 Å². The highest BCUT2D eigenvalue weighted by atomic mass is 16.4. The van der Waals surface area contributed by atoms with Crippen LogP contribution in [-0.4, -0.2) is 45.1 Å². The van der Waals surface area contributed by atoms with Gasteiger partial charge >= 0.3 is 11.9 Å². The van der Waals surface area contributed by atoms with E-state index in [9.17, 15) is 14.7 Å². The van der Waals surface area contributed by atoms with Crippen molar-refractivity contribution in [2.45, 2.75) is 78.7 Å². The molecule has 6 nitrogen and oxygen atoms in total. The predicted molar refractivity (Wildman–Crippen MR) is 86.9 cm³/mol. The zero-order valence-electron chi connectivity index (χ0n) is 14.4. The van der Waals surface area contributed by atoms with Crippen molar-refractivity contribution in [3.8, 4) is 0 Å². The molecule has 0 heterocycles. The molecular formula is C16H34O6. The van der Waals surface area contributed by atoms with E-state index in [4.69, 9.17) is 15.3 Å². The quantitative estimate of drug-likeness (QED) is 0.519. The first-order valence-electron chi connectivity index (χ1n) is 8.02. The summed E-state index contributed by atoms with van der Waals surface area (Å²) in [6, 6.07) is 0. The maximum absolute atomic E-state index is 9.60. The molecule has 2 atom stereocenters. The van der Waals surface area contributed by atoms with Gasteiger partial charge in [0.05, 0.1) is 6.10 Å². The van der Waals surface area contributed by atoms with Gasteiger partial charge in [-0.25, -0.2) is 0 Å². The molecule has 134 valence electrons. The summed E-state index contributed by atoms with van der Waals surface area (Å²) in [4.78, 5) is 19.2. The fraction of sp³-hybridized carbons (Fsp3) is 0.875. The predicted octanol–water partition coefficient (Wildman–Crippen LogP) is 2.91. The van der Waals surface area contributed by atoms with E-state index in [1.165, 1.54) is 0 Å². The fourth-order valence-electron chi connectivity index (χ4n) is 1.48. The third-order valence-electron chi connectivity index (χ3n) is 2.82. The Hall–Kier alpha value is -1.14. The van der Waals surface area contributed by atoms with Crippen molar-refractivity contribution in [3.05, 3.63) is 0 Å². The summed E-state index contributed by atoms with van der Waals surface area (Å²) in [6.45, 7) is 7.81. The number of aliphatic hydroxyl groups is 2. The lowest BCUT2D eigenvalue weighted by molar-refractivity contribution is -0.138. The molecule has 0 fully saturated rings. The smallest absolute Gasteiger partial charge is 0.303 e. The Bertz CT molecular complexity index is 235. The molecule has 0 saturated heterocycles. The van der Waals surface area contributed by atoms with E-state index in [0.717, 1.165) is 32.1 Å². The Labute approximate surface area is 134 Å². The molecule has 2 unspecified atom stereocenters. The van der Waals surface area contributed by atoms with Crippen molar-refractivity contribution in [1.29, 1.82) is 0 Å². The van der Waals surface area contributed by atoms with E-state index in [1.54, 1.807) is 0 Å². The molecule has 0 saturated carbocycles. The third-order valence-corrected chi connectivity index (χ3v) is 2.82. The highest BCUT2D eigenvalue weighted by Crippen LogP contribution is 2.12. The number of rotatable bonds is 9. The molecule has 0 radical (unpaired) electrons. The highest BCUT2D eigenvalue weighted by molar-refractivity contribution is 5.66. The van der Waals surface area contributed by atoms with Crippen LogP contribution in [0.15, 0.2) is 0 Å². The normalized spacial score (nSPS) is 12.1. The SMILES string of the molecule is CCCC(=O)O.CCCC(=O)O.CCCC(O)C(CC)CO. The molecule has 0 aliphatic rings. The van der Waals surface area contributed by atoms with Gasteiger partial charge in [0.15, 0.2) is 0 Å². The van der Waals surface area contributed by atoms with Crippen LogP contribution >= 0.6 is 0 Å². The molecule has 0 aliphatic carbocycles. The molecule has 0 amide bonds. The van der Waals surface area contributed by atoms with Gasteiger partial charge in [0.2, 0.25) is 0 Å². The lowest BCUT2D eigenvalue weighted by Gasteiger charge is -2.17. The van der Waals surface area contributed by atoms with Crippen molar-refractivity contribution >= 4 is 11.9 Å². The van der Waals surface area contributed by atoms with Gasteiger partial charge in [0.25, 0.3) is 0 Å². The van der Waals surface area contributed by atoms with Gasteiger partial charge in [-0.3, -0.25) is 9.59 Å². The van der Waals surface area contributed by atoms with Crippen LogP contribution in [0, 0.1) is 5.92 Å². The first-order chi connectivity index (χ1) is 10.3. The molecule has 0 aromatic carbocycles. The van der Waals surface area contributed by atoms with E-state index in [1.807, 2.05) is 27.7 Å². The molecule has 22 heavy (non-hydrogen) atoms. The summed E-state index contributed by atoms with van der Waals surface area (Å²) in [6.07, 6.45) is 4.39. The Balaban J connectivity index is -0.000000261. The number of carboxylic acids is 2. The third kappa shape index (κ3) is 23.9. The number of carboxylic acid groups (broad SMARTS) is 2. The molecule has 0 rings (SSSR count). The van der Waals surface area contributed by atoms with Crippen molar-refractivity contribution in [2.75, 3.05) is 6.61 Å². The van der Waals surface area contributed by atoms with Gasteiger partial charge in [0.1, 0.15) is 0 Å². The molecule has 0 aliphatic heterocycles. The Morgan fingerprint density at radius 2 is 1.27 bits per heavy atom. The first-order valence-corrected chi connectivity index (χ1v) is 8.02. The second-order valence-electron chi connectivity index (χ2n) is 4.99. The van der Waals surface area contributed by atoms with E-state index < -0.39 is 11.9 Å². The standard InChI is InChI=1S/C8H18O2.2C4H8O2/c1-3-5-8(10)7(4-2)6-9;2*1-2-3-4(5)6/h7-10H,3-6H2,1-2H3;2*2-3H2,1H3,(H,5,6). The monoisotopic (exact) mass is 322 g/mol. The maximum Gasteiger partial charge on any atom is 0.303 e. The number of hydrogen-bond donors (Lipinski definition) is 4. The lowest BCUT2D eigenvalue weighted by atomic mass is 9.97. The molecule has 4 N–H and O–H groups in total. The minimum absolute atomic E-state index is 0.0833. The van der Waals surface area contributed by atoms with Crippen LogP contribution in [0.25, 0.3) is 0 Å². The van der Waals surface area contributed by atoms with Crippen LogP contribution in [0.1, 0.15) is 72.6 Å². The zero-order valence-corrected chi connectivity index (χ0v) is 14.4. The van der Waals surface area contributed by atoms with Crippen molar-refractivity contribution < 1.29 is 30.0 Å². The van der Waals surface area contributed by atoms with Gasteiger partial charge in [-0.1, -0.05) is 34.1 Å². The summed E-state index contributed by atoms with van der Waals surface area (Å²) in [5.74, 6) is -1.34. The zero-order chi connectivity index (χ0) is 18.0. The van der Waals surface area contributed by atoms with Gasteiger partial charge in [0, 0.05) is 25.4 Å². The topological polar surface area (TPSA) is 115 Å². The summed E-state index contributed by atoms with van der Waals surface area (Å²) in [5, 5.41) is 33.9. The summed E-state index contributed by atoms with van der Waals surface area (Å²) < 4.78 is 0. The fourth-order valence-corrected chi connectivity index (χ4v) is 1.48. The second kappa shape index (κ2) is 19.9. The minimum Gasteiger partial charge on any atom is -0.481 e. The van der Waals surface area contributed by atoms with Gasteiger partial charge in [-0.05, 0) is 25.7 Å². The number of aliphatic hydroxyl groups excluding tert-OH is 2. The van der Waals surface area contributed by atoms with Gasteiger partial charge in [-0.2, -0.15) is 0 Å². The largest absolute Gasteiger partial charge is 0.481 e. The second-order valence-corrected chi connectivity index (χ2v) is 4.99. The van der Waals surface area contributed by atoms with Crippen LogP contribution < -0.4 is 0 Å². The summed E-state index contributed by atoms with van der Waals surface area (Å²) >= 11 is 0. The number of hydrogen-bond acceptors (Lipinski definition) is 4. The molecule has 0 aromatic heterocycles. The average molecular weight is 322 g/mol. The van der Waals surface area contributed by atoms with E-state index in [2.05, 4.69) is 0 Å². The van der Waals surface area contributed by atoms with Crippen LogP contribution in [0.4, 0.5) is 0 Å². The highest BCUT2D eigenvalue weighted by Gasteiger charge is 2.14. The number of carbonyl (C=O) groups is 2. The molecule has 0 spiro atoms. The van der Waals surface area contributed by atoms with Gasteiger partial charge in [-0.15, -0.1) is 0 Å². The van der Waals surface area contributed by atoms with E-state index >= 15 is 0 Å². The number of aliphatic carboxylic acids is 2. The summed E-state index contributed by atoms with van der Waals surface area (Å²) in [5.41, 5.74) is 0. The van der Waals surface area contributed by atoms with E-state index in [-0.39, 0.29) is 18.6 Å². The van der Waals surface area contributed by atoms with Crippen molar-refractivity contribution in [2.24, 2.45) is 5.92 Å². The Morgan fingerprint density at radius 3 is 1.41 bits per heavy atom. The Kier molecular flexibility index (Phi) is 23.3. The lowest BCUT2D eigenvalue weighted by Crippen LogP contribution is -2.22. The van der Waals surface area contributed by atoms with E-state index in [0.29, 0.717) is 12.8 Å². The average Bonchev–Trinajstić information content (AvgIpc) is 2.41. The molecule has 0 bridgehead atoms. The van der Waals surface area contributed by atoms with Crippen molar-refractivity contribution in [3.63, 3.8) is 0 Å². The summed E-state index contributed by atoms with van der Waals surface area (Å²) in [7, 11) is 0. The molecule has 6 heteroatoms. The maximum atomic E-state index is 9.60. The molecule has 0 aromatic rings. The minimum atomic E-state index is -0.711. The van der Waals surface area contributed by atoms with Crippen molar-refractivity contribution in [1.82, 2.24) is 0 Å². The molecular weight excluding hydrogens is 288 g/mol.